The minimum absolute atomic E-state index is 0.0255. The number of rotatable bonds is 1. The fourth-order valence-electron chi connectivity index (χ4n) is 2.34. The third-order valence-corrected chi connectivity index (χ3v) is 8.31. The zero-order valence-electron chi connectivity index (χ0n) is 11.3. The molecule has 0 N–H and O–H groups in total. The van der Waals surface area contributed by atoms with Crippen molar-refractivity contribution in [1.29, 1.82) is 0 Å². The summed E-state index contributed by atoms with van der Waals surface area (Å²) in [7, 11) is 0. The Morgan fingerprint density at radius 2 is 1.26 bits per heavy atom. The Morgan fingerprint density at radius 1 is 0.739 bits per heavy atom. The standard InChI is InChI=1S/C15H9F6IO/c16-14(17,18)13(15(19,20)21)11-8-4-5-9-12(11)22(23-13)10-6-2-1-3-7-10/h1-9H. The van der Waals surface area contributed by atoms with Crippen LogP contribution in [0.3, 0.4) is 0 Å². The van der Waals surface area contributed by atoms with Crippen LogP contribution in [-0.4, -0.2) is 12.4 Å². The van der Waals surface area contributed by atoms with Gasteiger partial charge in [-0.3, -0.25) is 0 Å². The van der Waals surface area contributed by atoms with Crippen LogP contribution < -0.4 is 0 Å². The summed E-state index contributed by atoms with van der Waals surface area (Å²) in [5, 5.41) is 0. The van der Waals surface area contributed by atoms with Crippen LogP contribution in [0.2, 0.25) is 0 Å². The second kappa shape index (κ2) is 5.37. The average Bonchev–Trinajstić information content (AvgIpc) is 2.84. The van der Waals surface area contributed by atoms with Crippen LogP contribution in [0, 0.1) is 7.14 Å². The van der Waals surface area contributed by atoms with Gasteiger partial charge in [-0.05, 0) is 0 Å². The van der Waals surface area contributed by atoms with E-state index in [1.807, 2.05) is 0 Å². The zero-order chi connectivity index (χ0) is 16.9. The Balaban J connectivity index is 2.26. The Morgan fingerprint density at radius 3 is 1.83 bits per heavy atom. The van der Waals surface area contributed by atoms with Crippen LogP contribution in [0.15, 0.2) is 54.6 Å². The van der Waals surface area contributed by atoms with Gasteiger partial charge in [0.1, 0.15) is 0 Å². The van der Waals surface area contributed by atoms with Crippen LogP contribution >= 0.6 is 20.2 Å². The van der Waals surface area contributed by atoms with Crippen LogP contribution in [0.5, 0.6) is 0 Å². The van der Waals surface area contributed by atoms with E-state index >= 15 is 0 Å². The van der Waals surface area contributed by atoms with Crippen molar-refractivity contribution < 1.29 is 29.4 Å². The van der Waals surface area contributed by atoms with Crippen molar-refractivity contribution in [2.24, 2.45) is 0 Å². The maximum atomic E-state index is 13.5. The molecule has 0 fully saturated rings. The molecule has 0 spiro atoms. The first-order valence-corrected chi connectivity index (χ1v) is 9.40. The van der Waals surface area contributed by atoms with E-state index in [9.17, 15) is 26.3 Å². The van der Waals surface area contributed by atoms with Crippen molar-refractivity contribution in [3.8, 4) is 0 Å². The van der Waals surface area contributed by atoms with Crippen LogP contribution in [-0.2, 0) is 8.67 Å². The predicted molar refractivity (Wildman–Crippen MR) is 79.2 cm³/mol. The zero-order valence-corrected chi connectivity index (χ0v) is 13.4. The van der Waals surface area contributed by atoms with Crippen LogP contribution in [0.25, 0.3) is 0 Å². The first-order chi connectivity index (χ1) is 10.7. The molecule has 0 saturated carbocycles. The topological polar surface area (TPSA) is 9.23 Å². The van der Waals surface area contributed by atoms with E-state index in [4.69, 9.17) is 3.07 Å². The second-order valence-electron chi connectivity index (χ2n) is 4.78. The van der Waals surface area contributed by atoms with Gasteiger partial charge in [0.05, 0.1) is 0 Å². The van der Waals surface area contributed by atoms with E-state index in [0.717, 1.165) is 6.07 Å². The number of benzene rings is 2. The molecule has 1 nitrogen and oxygen atoms in total. The molecule has 1 aliphatic heterocycles. The van der Waals surface area contributed by atoms with E-state index in [-0.39, 0.29) is 3.57 Å². The monoisotopic (exact) mass is 446 g/mol. The quantitative estimate of drug-likeness (QED) is 0.416. The molecule has 1 aliphatic rings. The van der Waals surface area contributed by atoms with Gasteiger partial charge in [-0.2, -0.15) is 0 Å². The summed E-state index contributed by atoms with van der Waals surface area (Å²) in [4.78, 5) is 0. The molecule has 0 amide bonds. The summed E-state index contributed by atoms with van der Waals surface area (Å²) >= 11 is -3.31. The summed E-state index contributed by atoms with van der Waals surface area (Å²) in [6.45, 7) is 0. The van der Waals surface area contributed by atoms with Crippen molar-refractivity contribution >= 4 is 20.2 Å². The molecule has 2 aromatic rings. The molecule has 0 aliphatic carbocycles. The molecule has 0 unspecified atom stereocenters. The van der Waals surface area contributed by atoms with E-state index < -0.39 is 43.8 Å². The Hall–Kier alpha value is -1.29. The fraction of sp³-hybridized carbons (Fsp3) is 0.200. The Labute approximate surface area is 135 Å². The van der Waals surface area contributed by atoms with E-state index in [2.05, 4.69) is 0 Å². The van der Waals surface area contributed by atoms with Crippen molar-refractivity contribution in [1.82, 2.24) is 0 Å². The fourth-order valence-corrected chi connectivity index (χ4v) is 7.59. The van der Waals surface area contributed by atoms with E-state index in [1.54, 1.807) is 18.2 Å². The SMILES string of the molecule is FC(F)(F)C1(C(F)(F)F)OI(c2ccccc2)c2ccccc21. The molecular weight excluding hydrogens is 437 g/mol. The van der Waals surface area contributed by atoms with Crippen molar-refractivity contribution in [2.75, 3.05) is 0 Å². The van der Waals surface area contributed by atoms with Gasteiger partial charge in [-0.15, -0.1) is 0 Å². The molecule has 0 saturated heterocycles. The molecule has 0 radical (unpaired) electrons. The summed E-state index contributed by atoms with van der Waals surface area (Å²) in [6.07, 6.45) is -11.2. The van der Waals surface area contributed by atoms with Crippen LogP contribution in [0.1, 0.15) is 5.56 Å². The molecule has 0 atom stereocenters. The molecular formula is C15H9F6IO. The molecule has 3 rings (SSSR count). The molecule has 124 valence electrons. The normalized spacial score (nSPS) is 18.8. The van der Waals surface area contributed by atoms with Crippen molar-refractivity contribution in [3.05, 3.63) is 67.3 Å². The van der Waals surface area contributed by atoms with Gasteiger partial charge >= 0.3 is 135 Å². The van der Waals surface area contributed by atoms with Gasteiger partial charge in [0.25, 0.3) is 0 Å². The van der Waals surface area contributed by atoms with E-state index in [0.29, 0.717) is 3.57 Å². The minimum atomic E-state index is -5.59. The van der Waals surface area contributed by atoms with Gasteiger partial charge in [0.2, 0.25) is 0 Å². The third kappa shape index (κ3) is 2.42. The number of hydrogen-bond donors (Lipinski definition) is 0. The number of hydrogen-bond acceptors (Lipinski definition) is 1. The predicted octanol–water partition coefficient (Wildman–Crippen LogP) is 5.50. The van der Waals surface area contributed by atoms with Gasteiger partial charge in [0, 0.05) is 0 Å². The van der Waals surface area contributed by atoms with Gasteiger partial charge in [-0.1, -0.05) is 0 Å². The summed E-state index contributed by atoms with van der Waals surface area (Å²) in [5.41, 5.74) is -5.09. The second-order valence-corrected chi connectivity index (χ2v) is 9.05. The third-order valence-electron chi connectivity index (χ3n) is 3.36. The van der Waals surface area contributed by atoms with Gasteiger partial charge in [-0.25, -0.2) is 0 Å². The molecule has 1 heterocycles. The van der Waals surface area contributed by atoms with Crippen molar-refractivity contribution in [2.45, 2.75) is 18.0 Å². The molecule has 8 heteroatoms. The first-order valence-electron chi connectivity index (χ1n) is 6.36. The average molecular weight is 446 g/mol. The first kappa shape index (κ1) is 16.6. The number of alkyl halides is 6. The maximum absolute atomic E-state index is 13.5. The Bertz CT molecular complexity index is 696. The summed E-state index contributed by atoms with van der Waals surface area (Å²) in [6, 6.07) is 12.5. The molecule has 0 aromatic heterocycles. The van der Waals surface area contributed by atoms with E-state index in [1.165, 1.54) is 30.3 Å². The number of fused-ring (bicyclic) bond motifs is 1. The number of halogens is 7. The molecule has 2 aromatic carbocycles. The van der Waals surface area contributed by atoms with Crippen molar-refractivity contribution in [3.63, 3.8) is 0 Å². The molecule has 0 bridgehead atoms. The van der Waals surface area contributed by atoms with Gasteiger partial charge < -0.3 is 0 Å². The van der Waals surface area contributed by atoms with Crippen LogP contribution in [0.4, 0.5) is 26.3 Å². The summed E-state index contributed by atoms with van der Waals surface area (Å²) in [5.74, 6) is 0. The Kier molecular flexibility index (Phi) is 3.87. The van der Waals surface area contributed by atoms with Gasteiger partial charge in [0.15, 0.2) is 0 Å². The molecule has 23 heavy (non-hydrogen) atoms. The summed E-state index contributed by atoms with van der Waals surface area (Å²) < 4.78 is 86.0.